The maximum atomic E-state index is 12.7. The summed E-state index contributed by atoms with van der Waals surface area (Å²) in [7, 11) is 0. The molecule has 0 atom stereocenters. The van der Waals surface area contributed by atoms with Gasteiger partial charge in [0.15, 0.2) is 0 Å². The van der Waals surface area contributed by atoms with Gasteiger partial charge in [-0.2, -0.15) is 0 Å². The number of amides is 1. The first-order valence-electron chi connectivity index (χ1n) is 8.66. The molecule has 136 valence electrons. The van der Waals surface area contributed by atoms with Crippen molar-refractivity contribution in [1.29, 1.82) is 0 Å². The minimum absolute atomic E-state index is 0.0507. The topological polar surface area (TPSA) is 49.9 Å². The van der Waals surface area contributed by atoms with E-state index in [1.165, 1.54) is 0 Å². The fraction of sp³-hybridized carbons (Fsp3) is 0.300. The lowest BCUT2D eigenvalue weighted by Crippen LogP contribution is -2.48. The van der Waals surface area contributed by atoms with Gasteiger partial charge in [0.05, 0.1) is 17.7 Å². The Morgan fingerprint density at radius 1 is 1.00 bits per heavy atom. The van der Waals surface area contributed by atoms with Gasteiger partial charge in [-0.3, -0.25) is 4.79 Å². The van der Waals surface area contributed by atoms with Crippen LogP contribution in [0.3, 0.4) is 0 Å². The normalized spacial score (nSPS) is 14.2. The first-order chi connectivity index (χ1) is 12.6. The first-order valence-corrected chi connectivity index (χ1v) is 9.45. The molecule has 1 aliphatic heterocycles. The summed E-state index contributed by atoms with van der Waals surface area (Å²) < 4.78 is 5.83. The molecular formula is C20H21BrN2O3. The monoisotopic (exact) mass is 416 g/mol. The van der Waals surface area contributed by atoms with Crippen LogP contribution in [0.4, 0.5) is 5.69 Å². The van der Waals surface area contributed by atoms with Crippen LogP contribution in [-0.4, -0.2) is 49.6 Å². The van der Waals surface area contributed by atoms with Crippen LogP contribution in [-0.2, 0) is 4.74 Å². The summed E-state index contributed by atoms with van der Waals surface area (Å²) in [6.45, 7) is 5.01. The minimum Gasteiger partial charge on any atom is -0.462 e. The van der Waals surface area contributed by atoms with Gasteiger partial charge in [-0.15, -0.1) is 0 Å². The number of esters is 1. The summed E-state index contributed by atoms with van der Waals surface area (Å²) in [6.07, 6.45) is 0. The standard InChI is InChI=1S/C20H21BrN2O3/c1-2-26-20(25)15-7-9-16(10-8-15)22-11-13-23(14-12-22)19(24)17-5-3-4-6-18(17)21/h3-10H,2,11-14H2,1H3. The van der Waals surface area contributed by atoms with E-state index in [2.05, 4.69) is 20.8 Å². The van der Waals surface area contributed by atoms with E-state index >= 15 is 0 Å². The molecule has 0 saturated carbocycles. The molecule has 1 aliphatic rings. The van der Waals surface area contributed by atoms with E-state index in [0.717, 1.165) is 23.2 Å². The molecule has 1 amide bonds. The third-order valence-electron chi connectivity index (χ3n) is 4.41. The van der Waals surface area contributed by atoms with E-state index < -0.39 is 0 Å². The molecule has 2 aromatic rings. The number of nitrogens with zero attached hydrogens (tertiary/aromatic N) is 2. The molecule has 0 radical (unpaired) electrons. The summed E-state index contributed by atoms with van der Waals surface area (Å²) in [5, 5.41) is 0. The van der Waals surface area contributed by atoms with Crippen LogP contribution >= 0.6 is 15.9 Å². The van der Waals surface area contributed by atoms with E-state index in [1.54, 1.807) is 19.1 Å². The largest absolute Gasteiger partial charge is 0.462 e. The number of rotatable bonds is 4. The molecule has 0 bridgehead atoms. The molecule has 6 heteroatoms. The first kappa shape index (κ1) is 18.5. The van der Waals surface area contributed by atoms with E-state index in [-0.39, 0.29) is 11.9 Å². The number of hydrogen-bond acceptors (Lipinski definition) is 4. The third kappa shape index (κ3) is 4.07. The second kappa shape index (κ2) is 8.36. The maximum absolute atomic E-state index is 12.7. The number of hydrogen-bond donors (Lipinski definition) is 0. The maximum Gasteiger partial charge on any atom is 0.338 e. The van der Waals surface area contributed by atoms with Crippen molar-refractivity contribution < 1.29 is 14.3 Å². The van der Waals surface area contributed by atoms with Crippen LogP contribution in [0, 0.1) is 0 Å². The van der Waals surface area contributed by atoms with Crippen LogP contribution in [0.15, 0.2) is 53.0 Å². The van der Waals surface area contributed by atoms with Crippen molar-refractivity contribution in [2.24, 2.45) is 0 Å². The van der Waals surface area contributed by atoms with Crippen LogP contribution in [0.5, 0.6) is 0 Å². The van der Waals surface area contributed by atoms with Gasteiger partial charge in [0.1, 0.15) is 0 Å². The Bertz CT molecular complexity index is 784. The Labute approximate surface area is 161 Å². The zero-order chi connectivity index (χ0) is 18.5. The van der Waals surface area contributed by atoms with Crippen LogP contribution < -0.4 is 4.90 Å². The second-order valence-electron chi connectivity index (χ2n) is 6.03. The fourth-order valence-corrected chi connectivity index (χ4v) is 3.45. The Morgan fingerprint density at radius 2 is 1.65 bits per heavy atom. The molecule has 1 saturated heterocycles. The molecule has 0 unspecified atom stereocenters. The molecule has 3 rings (SSSR count). The van der Waals surface area contributed by atoms with Crippen molar-refractivity contribution in [3.63, 3.8) is 0 Å². The molecule has 1 fully saturated rings. The Morgan fingerprint density at radius 3 is 2.27 bits per heavy atom. The van der Waals surface area contributed by atoms with Gasteiger partial charge >= 0.3 is 5.97 Å². The lowest BCUT2D eigenvalue weighted by Gasteiger charge is -2.36. The van der Waals surface area contributed by atoms with E-state index in [4.69, 9.17) is 4.74 Å². The third-order valence-corrected chi connectivity index (χ3v) is 5.11. The molecule has 0 aromatic heterocycles. The predicted octanol–water partition coefficient (Wildman–Crippen LogP) is 3.59. The highest BCUT2D eigenvalue weighted by molar-refractivity contribution is 9.10. The highest BCUT2D eigenvalue weighted by Gasteiger charge is 2.23. The van der Waals surface area contributed by atoms with Crippen molar-refractivity contribution >= 4 is 33.5 Å². The Hall–Kier alpha value is -2.34. The van der Waals surface area contributed by atoms with Crippen LogP contribution in [0.25, 0.3) is 0 Å². The highest BCUT2D eigenvalue weighted by Crippen LogP contribution is 2.21. The van der Waals surface area contributed by atoms with Gasteiger partial charge < -0.3 is 14.5 Å². The quantitative estimate of drug-likeness (QED) is 0.714. The van der Waals surface area contributed by atoms with Gasteiger partial charge in [0.25, 0.3) is 5.91 Å². The van der Waals surface area contributed by atoms with Crippen molar-refractivity contribution in [1.82, 2.24) is 4.90 Å². The van der Waals surface area contributed by atoms with Crippen LogP contribution in [0.2, 0.25) is 0 Å². The zero-order valence-corrected chi connectivity index (χ0v) is 16.2. The second-order valence-corrected chi connectivity index (χ2v) is 6.88. The summed E-state index contributed by atoms with van der Waals surface area (Å²) >= 11 is 3.45. The van der Waals surface area contributed by atoms with Crippen molar-refractivity contribution in [3.8, 4) is 0 Å². The predicted molar refractivity (Wildman–Crippen MR) is 105 cm³/mol. The number of piperazine rings is 1. The molecule has 0 N–H and O–H groups in total. The minimum atomic E-state index is -0.303. The average Bonchev–Trinajstić information content (AvgIpc) is 2.68. The van der Waals surface area contributed by atoms with Gasteiger partial charge in [-0.05, 0) is 59.3 Å². The molecule has 0 aliphatic carbocycles. The molecule has 5 nitrogen and oxygen atoms in total. The molecule has 0 spiro atoms. The highest BCUT2D eigenvalue weighted by atomic mass is 79.9. The smallest absolute Gasteiger partial charge is 0.338 e. The zero-order valence-electron chi connectivity index (χ0n) is 14.7. The van der Waals surface area contributed by atoms with Crippen molar-refractivity contribution in [2.75, 3.05) is 37.7 Å². The molecule has 2 aromatic carbocycles. The molecule has 26 heavy (non-hydrogen) atoms. The van der Waals surface area contributed by atoms with Crippen LogP contribution in [0.1, 0.15) is 27.6 Å². The van der Waals surface area contributed by atoms with E-state index in [0.29, 0.717) is 30.8 Å². The number of carbonyl (C=O) groups is 2. The van der Waals surface area contributed by atoms with Gasteiger partial charge in [-0.1, -0.05) is 12.1 Å². The van der Waals surface area contributed by atoms with Gasteiger partial charge in [0, 0.05) is 36.3 Å². The van der Waals surface area contributed by atoms with E-state index in [1.807, 2.05) is 41.3 Å². The number of halogens is 1. The Balaban J connectivity index is 1.61. The molecule has 1 heterocycles. The summed E-state index contributed by atoms with van der Waals surface area (Å²) in [6, 6.07) is 14.9. The van der Waals surface area contributed by atoms with E-state index in [9.17, 15) is 9.59 Å². The Kier molecular flexibility index (Phi) is 5.93. The average molecular weight is 417 g/mol. The van der Waals surface area contributed by atoms with Crippen molar-refractivity contribution in [3.05, 3.63) is 64.1 Å². The summed E-state index contributed by atoms with van der Waals surface area (Å²) in [5.41, 5.74) is 2.30. The lowest BCUT2D eigenvalue weighted by atomic mass is 10.1. The fourth-order valence-electron chi connectivity index (χ4n) is 3.00. The number of anilines is 1. The molecular weight excluding hydrogens is 396 g/mol. The summed E-state index contributed by atoms with van der Waals surface area (Å²) in [5.74, 6) is -0.252. The van der Waals surface area contributed by atoms with Gasteiger partial charge in [0.2, 0.25) is 0 Å². The van der Waals surface area contributed by atoms with Crippen molar-refractivity contribution in [2.45, 2.75) is 6.92 Å². The number of benzene rings is 2. The number of ether oxygens (including phenoxy) is 1. The lowest BCUT2D eigenvalue weighted by molar-refractivity contribution is 0.0526. The summed E-state index contributed by atoms with van der Waals surface area (Å²) in [4.78, 5) is 28.5. The number of carbonyl (C=O) groups excluding carboxylic acids is 2. The SMILES string of the molecule is CCOC(=O)c1ccc(N2CCN(C(=O)c3ccccc3Br)CC2)cc1. The van der Waals surface area contributed by atoms with Gasteiger partial charge in [-0.25, -0.2) is 4.79 Å².